The second kappa shape index (κ2) is 6.06. The predicted molar refractivity (Wildman–Crippen MR) is 85.7 cm³/mol. The van der Waals surface area contributed by atoms with Gasteiger partial charge in [0.05, 0.1) is 0 Å². The smallest absolute Gasteiger partial charge is 0.117 e. The van der Waals surface area contributed by atoms with Crippen LogP contribution in [-0.2, 0) is 0 Å². The summed E-state index contributed by atoms with van der Waals surface area (Å²) in [5, 5.41) is 13.0. The number of benzene rings is 3. The summed E-state index contributed by atoms with van der Waals surface area (Å²) in [6, 6.07) is 27.8. The third-order valence-electron chi connectivity index (χ3n) is 3.41. The number of rotatable bonds is 3. The van der Waals surface area contributed by atoms with Gasteiger partial charge in [-0.05, 0) is 11.1 Å². The van der Waals surface area contributed by atoms with Gasteiger partial charge in [0, 0.05) is 11.1 Å². The third kappa shape index (κ3) is 2.70. The molecule has 0 bridgehead atoms. The first kappa shape index (κ1) is 13.1. The van der Waals surface area contributed by atoms with E-state index in [1.165, 1.54) is 0 Å². The van der Waals surface area contributed by atoms with E-state index in [9.17, 15) is 5.21 Å². The van der Waals surface area contributed by atoms with Gasteiger partial charge in [0.2, 0.25) is 0 Å². The monoisotopic (exact) mass is 273 g/mol. The second-order valence-electron chi connectivity index (χ2n) is 4.73. The van der Waals surface area contributed by atoms with Crippen molar-refractivity contribution in [3.8, 4) is 11.1 Å². The van der Waals surface area contributed by atoms with Crippen molar-refractivity contribution >= 4 is 5.71 Å². The van der Waals surface area contributed by atoms with Crippen molar-refractivity contribution in [1.82, 2.24) is 0 Å². The van der Waals surface area contributed by atoms with E-state index < -0.39 is 0 Å². The zero-order valence-corrected chi connectivity index (χ0v) is 11.5. The quantitative estimate of drug-likeness (QED) is 0.423. The molecule has 3 rings (SSSR count). The van der Waals surface area contributed by atoms with E-state index in [2.05, 4.69) is 17.3 Å². The lowest BCUT2D eigenvalue weighted by molar-refractivity contribution is 0.319. The first-order valence-corrected chi connectivity index (χ1v) is 6.82. The second-order valence-corrected chi connectivity index (χ2v) is 4.73. The van der Waals surface area contributed by atoms with Gasteiger partial charge >= 0.3 is 0 Å². The van der Waals surface area contributed by atoms with Crippen LogP contribution in [0.3, 0.4) is 0 Å². The maximum absolute atomic E-state index is 9.49. The molecule has 0 aliphatic carbocycles. The Morgan fingerprint density at radius 2 is 1.24 bits per heavy atom. The summed E-state index contributed by atoms with van der Waals surface area (Å²) < 4.78 is 0. The Bertz CT molecular complexity index is 749. The molecule has 2 nitrogen and oxygen atoms in total. The maximum Gasteiger partial charge on any atom is 0.117 e. The lowest BCUT2D eigenvalue weighted by Crippen LogP contribution is -2.05. The highest BCUT2D eigenvalue weighted by Crippen LogP contribution is 2.25. The molecule has 21 heavy (non-hydrogen) atoms. The lowest BCUT2D eigenvalue weighted by Gasteiger charge is -2.11. The molecular weight excluding hydrogens is 258 g/mol. The van der Waals surface area contributed by atoms with Crippen molar-refractivity contribution in [2.75, 3.05) is 0 Å². The Morgan fingerprint density at radius 1 is 0.667 bits per heavy atom. The van der Waals surface area contributed by atoms with Gasteiger partial charge in [-0.25, -0.2) is 0 Å². The van der Waals surface area contributed by atoms with Crippen LogP contribution in [0.25, 0.3) is 11.1 Å². The minimum atomic E-state index is 0.579. The summed E-state index contributed by atoms with van der Waals surface area (Å²) in [6.45, 7) is 0. The number of hydrogen-bond donors (Lipinski definition) is 1. The first-order chi connectivity index (χ1) is 10.4. The molecule has 0 aromatic heterocycles. The predicted octanol–water partition coefficient (Wildman–Crippen LogP) is 4.58. The van der Waals surface area contributed by atoms with Crippen LogP contribution in [0.1, 0.15) is 11.1 Å². The third-order valence-corrected chi connectivity index (χ3v) is 3.41. The largest absolute Gasteiger partial charge is 0.410 e. The fourth-order valence-corrected chi connectivity index (χ4v) is 2.42. The summed E-state index contributed by atoms with van der Waals surface area (Å²) in [5.41, 5.74) is 4.54. The van der Waals surface area contributed by atoms with E-state index in [1.807, 2.05) is 72.8 Å². The van der Waals surface area contributed by atoms with E-state index in [0.29, 0.717) is 5.71 Å². The summed E-state index contributed by atoms with van der Waals surface area (Å²) in [4.78, 5) is 0. The Labute approximate surface area is 124 Å². The summed E-state index contributed by atoms with van der Waals surface area (Å²) >= 11 is 0. The van der Waals surface area contributed by atoms with Crippen molar-refractivity contribution in [3.63, 3.8) is 0 Å². The Hall–Kier alpha value is -2.87. The van der Waals surface area contributed by atoms with Crippen LogP contribution in [0.4, 0.5) is 0 Å². The van der Waals surface area contributed by atoms with Crippen LogP contribution in [0.5, 0.6) is 0 Å². The highest BCUT2D eigenvalue weighted by Gasteiger charge is 2.12. The molecule has 0 saturated carbocycles. The Morgan fingerprint density at radius 3 is 1.90 bits per heavy atom. The van der Waals surface area contributed by atoms with Crippen molar-refractivity contribution in [2.24, 2.45) is 5.16 Å². The van der Waals surface area contributed by atoms with Gasteiger partial charge in [0.25, 0.3) is 0 Å². The molecular formula is C19H15NO. The topological polar surface area (TPSA) is 32.6 Å². The fraction of sp³-hybridized carbons (Fsp3) is 0. The molecule has 1 N–H and O–H groups in total. The molecule has 0 saturated heterocycles. The Kier molecular flexibility index (Phi) is 3.79. The molecule has 0 fully saturated rings. The van der Waals surface area contributed by atoms with Gasteiger partial charge < -0.3 is 5.21 Å². The zero-order chi connectivity index (χ0) is 14.5. The zero-order valence-electron chi connectivity index (χ0n) is 11.5. The van der Waals surface area contributed by atoms with Crippen LogP contribution >= 0.6 is 0 Å². The first-order valence-electron chi connectivity index (χ1n) is 6.82. The molecule has 0 atom stereocenters. The van der Waals surface area contributed by atoms with Gasteiger partial charge in [-0.2, -0.15) is 0 Å². The number of hydrogen-bond acceptors (Lipinski definition) is 2. The highest BCUT2D eigenvalue weighted by atomic mass is 16.4. The molecule has 2 heteroatoms. The van der Waals surface area contributed by atoms with E-state index >= 15 is 0 Å². The number of nitrogens with zero attached hydrogens (tertiary/aromatic N) is 1. The van der Waals surface area contributed by atoms with Crippen molar-refractivity contribution < 1.29 is 5.21 Å². The Balaban J connectivity index is 2.15. The van der Waals surface area contributed by atoms with E-state index in [-0.39, 0.29) is 0 Å². The molecule has 0 aliphatic heterocycles. The maximum atomic E-state index is 9.49. The average molecular weight is 273 g/mol. The standard InChI is InChI=1S/C19H15NO/c21-20-19(16-11-5-2-6-12-16)18-14-8-7-13-17(18)15-9-3-1-4-10-15/h1-14,21H. The molecule has 0 unspecified atom stereocenters. The molecule has 0 heterocycles. The van der Waals surface area contributed by atoms with E-state index in [1.54, 1.807) is 0 Å². The van der Waals surface area contributed by atoms with Crippen molar-refractivity contribution in [3.05, 3.63) is 96.1 Å². The van der Waals surface area contributed by atoms with Gasteiger partial charge in [-0.3, -0.25) is 0 Å². The minimum absolute atomic E-state index is 0.579. The van der Waals surface area contributed by atoms with E-state index in [4.69, 9.17) is 0 Å². The SMILES string of the molecule is ON=C(c1ccccc1)c1ccccc1-c1ccccc1. The van der Waals surface area contributed by atoms with Crippen LogP contribution in [-0.4, -0.2) is 10.9 Å². The van der Waals surface area contributed by atoms with Crippen LogP contribution < -0.4 is 0 Å². The van der Waals surface area contributed by atoms with E-state index in [0.717, 1.165) is 22.3 Å². The molecule has 0 radical (unpaired) electrons. The van der Waals surface area contributed by atoms with Crippen LogP contribution in [0.15, 0.2) is 90.1 Å². The normalized spacial score (nSPS) is 11.3. The van der Waals surface area contributed by atoms with Crippen LogP contribution in [0.2, 0.25) is 0 Å². The molecule has 102 valence electrons. The summed E-state index contributed by atoms with van der Waals surface area (Å²) in [5.74, 6) is 0. The average Bonchev–Trinajstić information content (AvgIpc) is 2.58. The fourth-order valence-electron chi connectivity index (χ4n) is 2.42. The molecule has 0 amide bonds. The highest BCUT2D eigenvalue weighted by molar-refractivity contribution is 6.16. The van der Waals surface area contributed by atoms with Gasteiger partial charge in [0.1, 0.15) is 5.71 Å². The van der Waals surface area contributed by atoms with Crippen LogP contribution in [0, 0.1) is 0 Å². The molecule has 3 aromatic carbocycles. The van der Waals surface area contributed by atoms with Gasteiger partial charge in [-0.1, -0.05) is 90.1 Å². The molecule has 0 aliphatic rings. The van der Waals surface area contributed by atoms with Gasteiger partial charge in [-0.15, -0.1) is 0 Å². The van der Waals surface area contributed by atoms with Crippen molar-refractivity contribution in [1.29, 1.82) is 0 Å². The van der Waals surface area contributed by atoms with Crippen molar-refractivity contribution in [2.45, 2.75) is 0 Å². The summed E-state index contributed by atoms with van der Waals surface area (Å²) in [7, 11) is 0. The molecule has 3 aromatic rings. The summed E-state index contributed by atoms with van der Waals surface area (Å²) in [6.07, 6.45) is 0. The lowest BCUT2D eigenvalue weighted by atomic mass is 9.93. The van der Waals surface area contributed by atoms with Gasteiger partial charge in [0.15, 0.2) is 0 Å². The molecule has 0 spiro atoms. The number of oxime groups is 1. The minimum Gasteiger partial charge on any atom is -0.410 e.